The Morgan fingerprint density at radius 2 is 1.65 bits per heavy atom. The molecule has 0 saturated heterocycles. The largest absolute Gasteiger partial charge is 0.460 e. The van der Waals surface area contributed by atoms with Crippen LogP contribution in [0.1, 0.15) is 48.3 Å². The molecular formula is C31H27NO5. The van der Waals surface area contributed by atoms with Gasteiger partial charge in [-0.25, -0.2) is 0 Å². The van der Waals surface area contributed by atoms with Crippen molar-refractivity contribution in [2.24, 2.45) is 10.9 Å². The summed E-state index contributed by atoms with van der Waals surface area (Å²) in [4.78, 5) is 32.2. The first-order chi connectivity index (χ1) is 18.1. The molecule has 2 heterocycles. The van der Waals surface area contributed by atoms with Gasteiger partial charge in [0.15, 0.2) is 17.3 Å². The van der Waals surface area contributed by atoms with E-state index in [1.807, 2.05) is 73.7 Å². The Morgan fingerprint density at radius 3 is 2.43 bits per heavy atom. The van der Waals surface area contributed by atoms with Crippen LogP contribution in [0.4, 0.5) is 0 Å². The zero-order valence-electron chi connectivity index (χ0n) is 20.6. The first-order valence-corrected chi connectivity index (χ1v) is 12.5. The van der Waals surface area contributed by atoms with Crippen molar-refractivity contribution in [1.82, 2.24) is 0 Å². The number of ether oxygens (including phenoxy) is 3. The van der Waals surface area contributed by atoms with E-state index in [-0.39, 0.29) is 25.1 Å². The quantitative estimate of drug-likeness (QED) is 0.424. The molecule has 3 atom stereocenters. The summed E-state index contributed by atoms with van der Waals surface area (Å²) in [5.74, 6) is -0.257. The molecule has 186 valence electrons. The highest BCUT2D eigenvalue weighted by Gasteiger charge is 2.45. The average Bonchev–Trinajstić information content (AvgIpc) is 3.40. The fourth-order valence-electron chi connectivity index (χ4n) is 5.61. The third-order valence-electron chi connectivity index (χ3n) is 7.39. The van der Waals surface area contributed by atoms with Crippen LogP contribution >= 0.6 is 0 Å². The zero-order valence-corrected chi connectivity index (χ0v) is 20.6. The Morgan fingerprint density at radius 1 is 0.919 bits per heavy atom. The molecular weight excluding hydrogens is 466 g/mol. The maximum atomic E-state index is 13.7. The molecule has 0 N–H and O–H groups in total. The Labute approximate surface area is 215 Å². The van der Waals surface area contributed by atoms with E-state index in [2.05, 4.69) is 12.1 Å². The number of esters is 1. The van der Waals surface area contributed by atoms with E-state index in [0.717, 1.165) is 22.4 Å². The van der Waals surface area contributed by atoms with Crippen molar-refractivity contribution in [3.8, 4) is 11.5 Å². The third-order valence-corrected chi connectivity index (χ3v) is 7.39. The lowest BCUT2D eigenvalue weighted by Gasteiger charge is -2.36. The van der Waals surface area contributed by atoms with E-state index in [9.17, 15) is 9.59 Å². The van der Waals surface area contributed by atoms with Crippen LogP contribution in [-0.4, -0.2) is 24.3 Å². The number of rotatable bonds is 5. The minimum Gasteiger partial charge on any atom is -0.460 e. The predicted molar refractivity (Wildman–Crippen MR) is 139 cm³/mol. The molecule has 0 aromatic heterocycles. The van der Waals surface area contributed by atoms with Crippen LogP contribution < -0.4 is 9.47 Å². The second kappa shape index (κ2) is 9.69. The highest BCUT2D eigenvalue weighted by atomic mass is 16.7. The summed E-state index contributed by atoms with van der Waals surface area (Å²) in [6.45, 7) is 2.17. The van der Waals surface area contributed by atoms with E-state index in [1.165, 1.54) is 0 Å². The van der Waals surface area contributed by atoms with Crippen LogP contribution in [0, 0.1) is 5.92 Å². The lowest BCUT2D eigenvalue weighted by Crippen LogP contribution is -2.38. The van der Waals surface area contributed by atoms with Crippen molar-refractivity contribution < 1.29 is 23.8 Å². The highest BCUT2D eigenvalue weighted by molar-refractivity contribution is 6.09. The summed E-state index contributed by atoms with van der Waals surface area (Å²) in [6, 6.07) is 25.3. The van der Waals surface area contributed by atoms with Gasteiger partial charge in [0.2, 0.25) is 6.79 Å². The van der Waals surface area contributed by atoms with Gasteiger partial charge in [-0.3, -0.25) is 14.6 Å². The van der Waals surface area contributed by atoms with Gasteiger partial charge < -0.3 is 14.2 Å². The number of aliphatic imine (C=N–C) groups is 1. The Bertz CT molecular complexity index is 1410. The first kappa shape index (κ1) is 23.2. The van der Waals surface area contributed by atoms with E-state index in [0.29, 0.717) is 35.6 Å². The van der Waals surface area contributed by atoms with Crippen molar-refractivity contribution in [3.63, 3.8) is 0 Å². The minimum absolute atomic E-state index is 0.0230. The summed E-state index contributed by atoms with van der Waals surface area (Å²) in [5, 5.41) is 0. The van der Waals surface area contributed by atoms with E-state index < -0.39 is 17.8 Å². The molecule has 2 aliphatic heterocycles. The molecule has 0 spiro atoms. The smallest absolute Gasteiger partial charge is 0.315 e. The molecule has 3 aromatic rings. The first-order valence-electron chi connectivity index (χ1n) is 12.5. The van der Waals surface area contributed by atoms with Crippen molar-refractivity contribution in [2.45, 2.75) is 38.2 Å². The van der Waals surface area contributed by atoms with Crippen molar-refractivity contribution in [2.75, 3.05) is 6.79 Å². The fraction of sp³-hybridized carbons (Fsp3) is 0.258. The summed E-state index contributed by atoms with van der Waals surface area (Å²) >= 11 is 0. The number of ketones is 1. The molecule has 6 heteroatoms. The van der Waals surface area contributed by atoms with Gasteiger partial charge in [0, 0.05) is 29.3 Å². The van der Waals surface area contributed by atoms with Crippen LogP contribution in [0.15, 0.2) is 95.1 Å². The van der Waals surface area contributed by atoms with Crippen molar-refractivity contribution in [3.05, 3.63) is 107 Å². The van der Waals surface area contributed by atoms with Gasteiger partial charge in [-0.2, -0.15) is 0 Å². The molecule has 0 radical (unpaired) electrons. The number of nitrogens with zero attached hydrogens (tertiary/aromatic N) is 1. The molecule has 0 fully saturated rings. The number of hydrogen-bond acceptors (Lipinski definition) is 6. The second-order valence-electron chi connectivity index (χ2n) is 9.71. The van der Waals surface area contributed by atoms with Crippen LogP contribution in [0.2, 0.25) is 0 Å². The standard InChI is InChI=1S/C31H27NO5/c1-19-28(31(34)35-17-20-8-4-2-5-9-20)29(22-12-13-26-27(16-22)37-18-36-26)30-24(32-19)14-23(15-25(30)33)21-10-6-3-7-11-21/h2-13,16,23,28-29H,14-15,17-18H2,1H3/t23-,28?,29+/m1/s1. The molecule has 1 unspecified atom stereocenters. The summed E-state index contributed by atoms with van der Waals surface area (Å²) in [6.07, 6.45) is 1.03. The van der Waals surface area contributed by atoms with Gasteiger partial charge in [0.1, 0.15) is 12.5 Å². The van der Waals surface area contributed by atoms with Crippen LogP contribution in [0.25, 0.3) is 0 Å². The second-order valence-corrected chi connectivity index (χ2v) is 9.71. The zero-order chi connectivity index (χ0) is 25.4. The summed E-state index contributed by atoms with van der Waals surface area (Å²) in [5.41, 5.74) is 4.87. The topological polar surface area (TPSA) is 74.2 Å². The van der Waals surface area contributed by atoms with Gasteiger partial charge in [-0.05, 0) is 48.1 Å². The number of Topliss-reactive ketones (excluding diaryl/α,β-unsaturated/α-hetero) is 1. The number of allylic oxidation sites excluding steroid dienone is 2. The monoisotopic (exact) mass is 493 g/mol. The Hall–Kier alpha value is -4.19. The maximum Gasteiger partial charge on any atom is 0.315 e. The van der Waals surface area contributed by atoms with Crippen molar-refractivity contribution in [1.29, 1.82) is 0 Å². The van der Waals surface area contributed by atoms with E-state index >= 15 is 0 Å². The SMILES string of the molecule is CC1=NC2=C(C(=O)C[C@H](c3ccccc3)C2)[C@@H](c2ccc3c(c2)OCO3)C1C(=O)OCc1ccccc1. The number of carbonyl (C=O) groups is 2. The van der Waals surface area contributed by atoms with Crippen LogP contribution in [0.5, 0.6) is 11.5 Å². The summed E-state index contributed by atoms with van der Waals surface area (Å²) < 4.78 is 16.9. The molecule has 37 heavy (non-hydrogen) atoms. The van der Waals surface area contributed by atoms with Crippen LogP contribution in [0.3, 0.4) is 0 Å². The predicted octanol–water partition coefficient (Wildman–Crippen LogP) is 5.73. The minimum atomic E-state index is -0.708. The number of fused-ring (bicyclic) bond motifs is 1. The normalized spacial score (nSPS) is 22.4. The molecule has 6 nitrogen and oxygen atoms in total. The third kappa shape index (κ3) is 4.44. The molecule has 1 aliphatic carbocycles. The molecule has 0 saturated carbocycles. The fourth-order valence-corrected chi connectivity index (χ4v) is 5.61. The number of hydrogen-bond donors (Lipinski definition) is 0. The lowest BCUT2D eigenvalue weighted by atomic mass is 9.69. The molecule has 3 aliphatic rings. The van der Waals surface area contributed by atoms with E-state index in [4.69, 9.17) is 19.2 Å². The Balaban J connectivity index is 1.38. The van der Waals surface area contributed by atoms with Gasteiger partial charge in [-0.15, -0.1) is 0 Å². The van der Waals surface area contributed by atoms with Crippen molar-refractivity contribution >= 4 is 17.5 Å². The van der Waals surface area contributed by atoms with Gasteiger partial charge in [0.25, 0.3) is 0 Å². The molecule has 6 rings (SSSR count). The van der Waals surface area contributed by atoms with Gasteiger partial charge >= 0.3 is 5.97 Å². The van der Waals surface area contributed by atoms with E-state index in [1.54, 1.807) is 0 Å². The molecule has 3 aromatic carbocycles. The number of carbonyl (C=O) groups excluding carboxylic acids is 2. The molecule has 0 bridgehead atoms. The number of benzene rings is 3. The van der Waals surface area contributed by atoms with Gasteiger partial charge in [-0.1, -0.05) is 66.7 Å². The van der Waals surface area contributed by atoms with Crippen LogP contribution in [-0.2, 0) is 20.9 Å². The average molecular weight is 494 g/mol. The lowest BCUT2D eigenvalue weighted by molar-refractivity contribution is -0.148. The maximum absolute atomic E-state index is 13.7. The summed E-state index contributed by atoms with van der Waals surface area (Å²) in [7, 11) is 0. The Kier molecular flexibility index (Phi) is 6.08. The molecule has 0 amide bonds. The highest BCUT2D eigenvalue weighted by Crippen LogP contribution is 2.48. The van der Waals surface area contributed by atoms with Gasteiger partial charge in [0.05, 0.1) is 0 Å².